The Morgan fingerprint density at radius 1 is 1.31 bits per heavy atom. The molecule has 0 aliphatic rings. The second kappa shape index (κ2) is 4.37. The Balaban J connectivity index is 2.52. The van der Waals surface area contributed by atoms with Gasteiger partial charge in [0.1, 0.15) is 5.15 Å². The van der Waals surface area contributed by atoms with Crippen molar-refractivity contribution in [3.8, 4) is 5.82 Å². The lowest BCUT2D eigenvalue weighted by Crippen LogP contribution is -2.01. The van der Waals surface area contributed by atoms with Crippen molar-refractivity contribution < 1.29 is 5.11 Å². The van der Waals surface area contributed by atoms with Gasteiger partial charge in [0, 0.05) is 5.56 Å². The van der Waals surface area contributed by atoms with Gasteiger partial charge in [-0.15, -0.1) is 10.2 Å². The molecule has 2 rings (SSSR count). The van der Waals surface area contributed by atoms with Crippen LogP contribution in [0.3, 0.4) is 0 Å². The molecule has 1 N–H and O–H groups in total. The van der Waals surface area contributed by atoms with Crippen LogP contribution in [0.25, 0.3) is 5.82 Å². The summed E-state index contributed by atoms with van der Waals surface area (Å²) >= 11 is 11.7. The number of hydrogen-bond acceptors (Lipinski definition) is 4. The van der Waals surface area contributed by atoms with Crippen molar-refractivity contribution in [2.24, 2.45) is 0 Å². The van der Waals surface area contributed by atoms with Gasteiger partial charge in [0.15, 0.2) is 11.0 Å². The van der Waals surface area contributed by atoms with Crippen LogP contribution in [0.4, 0.5) is 0 Å². The van der Waals surface area contributed by atoms with Gasteiger partial charge in [-0.2, -0.15) is 5.10 Å². The van der Waals surface area contributed by atoms with E-state index in [1.807, 2.05) is 0 Å². The Labute approximate surface area is 102 Å². The molecule has 0 saturated heterocycles. The number of aryl methyl sites for hydroxylation is 1. The van der Waals surface area contributed by atoms with E-state index in [9.17, 15) is 0 Å². The highest BCUT2D eigenvalue weighted by molar-refractivity contribution is 6.30. The molecule has 7 heteroatoms. The minimum atomic E-state index is -0.161. The first-order valence-electron chi connectivity index (χ1n) is 4.48. The summed E-state index contributed by atoms with van der Waals surface area (Å²) < 4.78 is 1.41. The molecule has 2 heterocycles. The van der Waals surface area contributed by atoms with E-state index in [-0.39, 0.29) is 6.61 Å². The molecule has 2 aromatic rings. The molecular formula is C9H8Cl2N4O. The van der Waals surface area contributed by atoms with Crippen molar-refractivity contribution in [3.63, 3.8) is 0 Å². The number of halogens is 2. The van der Waals surface area contributed by atoms with Gasteiger partial charge in [-0.25, -0.2) is 4.68 Å². The fourth-order valence-electron chi connectivity index (χ4n) is 1.28. The van der Waals surface area contributed by atoms with E-state index in [2.05, 4.69) is 15.3 Å². The van der Waals surface area contributed by atoms with Crippen molar-refractivity contribution in [1.29, 1.82) is 0 Å². The number of rotatable bonds is 2. The van der Waals surface area contributed by atoms with Crippen LogP contribution < -0.4 is 0 Å². The molecule has 5 nitrogen and oxygen atoms in total. The Kier molecular flexibility index (Phi) is 3.09. The Hall–Kier alpha value is -1.17. The van der Waals surface area contributed by atoms with Crippen molar-refractivity contribution in [1.82, 2.24) is 20.0 Å². The van der Waals surface area contributed by atoms with E-state index in [4.69, 9.17) is 28.3 Å². The summed E-state index contributed by atoms with van der Waals surface area (Å²) in [6.45, 7) is 1.60. The normalized spacial score (nSPS) is 10.8. The predicted molar refractivity (Wildman–Crippen MR) is 59.8 cm³/mol. The van der Waals surface area contributed by atoms with E-state index in [1.54, 1.807) is 19.1 Å². The van der Waals surface area contributed by atoms with Crippen LogP contribution in [-0.2, 0) is 6.61 Å². The molecule has 0 aromatic carbocycles. The molecule has 0 saturated carbocycles. The summed E-state index contributed by atoms with van der Waals surface area (Å²) in [7, 11) is 0. The van der Waals surface area contributed by atoms with Gasteiger partial charge in [0.25, 0.3) is 0 Å². The van der Waals surface area contributed by atoms with Crippen molar-refractivity contribution >= 4 is 23.2 Å². The van der Waals surface area contributed by atoms with Crippen molar-refractivity contribution in [2.45, 2.75) is 13.5 Å². The molecular weight excluding hydrogens is 251 g/mol. The summed E-state index contributed by atoms with van der Waals surface area (Å²) in [5.41, 5.74) is 1.24. The zero-order valence-electron chi connectivity index (χ0n) is 8.35. The van der Waals surface area contributed by atoms with Crippen LogP contribution in [-0.4, -0.2) is 25.1 Å². The lowest BCUT2D eigenvalue weighted by molar-refractivity contribution is 0.281. The van der Waals surface area contributed by atoms with Crippen LogP contribution >= 0.6 is 23.2 Å². The number of aromatic nitrogens is 4. The van der Waals surface area contributed by atoms with Crippen LogP contribution in [0.5, 0.6) is 0 Å². The van der Waals surface area contributed by atoms with E-state index in [0.717, 1.165) is 0 Å². The molecule has 0 bridgehead atoms. The molecule has 0 unspecified atom stereocenters. The van der Waals surface area contributed by atoms with E-state index in [0.29, 0.717) is 27.4 Å². The molecule has 84 valence electrons. The van der Waals surface area contributed by atoms with Crippen LogP contribution in [0.1, 0.15) is 11.3 Å². The summed E-state index contributed by atoms with van der Waals surface area (Å²) in [5, 5.41) is 21.4. The Morgan fingerprint density at radius 3 is 2.56 bits per heavy atom. The monoisotopic (exact) mass is 258 g/mol. The van der Waals surface area contributed by atoms with Crippen molar-refractivity contribution in [2.75, 3.05) is 0 Å². The number of nitrogens with zero attached hydrogens (tertiary/aromatic N) is 4. The number of aliphatic hydroxyl groups is 1. The van der Waals surface area contributed by atoms with Crippen molar-refractivity contribution in [3.05, 3.63) is 33.7 Å². The maximum Gasteiger partial charge on any atom is 0.177 e. The molecule has 0 atom stereocenters. The Bertz CT molecular complexity index is 509. The average Bonchev–Trinajstić information content (AvgIpc) is 2.55. The molecule has 16 heavy (non-hydrogen) atoms. The number of aliphatic hydroxyl groups excluding tert-OH is 1. The summed E-state index contributed by atoms with van der Waals surface area (Å²) in [5.74, 6) is 0.456. The molecule has 0 aliphatic carbocycles. The minimum Gasteiger partial charge on any atom is -0.391 e. The van der Waals surface area contributed by atoms with Gasteiger partial charge >= 0.3 is 0 Å². The first-order valence-corrected chi connectivity index (χ1v) is 5.23. The SMILES string of the molecule is Cc1nn(-c2ccc(Cl)nn2)c(Cl)c1CO. The second-order valence-electron chi connectivity index (χ2n) is 3.14. The fraction of sp³-hybridized carbons (Fsp3) is 0.222. The van der Waals surface area contributed by atoms with Gasteiger partial charge in [0.05, 0.1) is 12.3 Å². The maximum absolute atomic E-state index is 9.11. The predicted octanol–water partition coefficient (Wildman–Crippen LogP) is 1.77. The summed E-state index contributed by atoms with van der Waals surface area (Å²) in [6, 6.07) is 3.24. The lowest BCUT2D eigenvalue weighted by Gasteiger charge is -2.00. The molecule has 0 spiro atoms. The smallest absolute Gasteiger partial charge is 0.177 e. The molecule has 2 aromatic heterocycles. The fourth-order valence-corrected chi connectivity index (χ4v) is 1.71. The highest BCUT2D eigenvalue weighted by atomic mass is 35.5. The lowest BCUT2D eigenvalue weighted by atomic mass is 10.3. The zero-order chi connectivity index (χ0) is 11.7. The van der Waals surface area contributed by atoms with Gasteiger partial charge in [0.2, 0.25) is 0 Å². The average molecular weight is 259 g/mol. The summed E-state index contributed by atoms with van der Waals surface area (Å²) in [4.78, 5) is 0. The molecule has 0 fully saturated rings. The quantitative estimate of drug-likeness (QED) is 0.892. The first kappa shape index (κ1) is 11.3. The van der Waals surface area contributed by atoms with Gasteiger partial charge in [-0.1, -0.05) is 23.2 Å². The van der Waals surface area contributed by atoms with E-state index < -0.39 is 0 Å². The second-order valence-corrected chi connectivity index (χ2v) is 3.88. The third-order valence-corrected chi connectivity index (χ3v) is 2.70. The van der Waals surface area contributed by atoms with Crippen LogP contribution in [0.15, 0.2) is 12.1 Å². The molecule has 0 amide bonds. The molecule has 0 radical (unpaired) electrons. The van der Waals surface area contributed by atoms with Crippen LogP contribution in [0.2, 0.25) is 10.3 Å². The van der Waals surface area contributed by atoms with Crippen LogP contribution in [0, 0.1) is 6.92 Å². The van der Waals surface area contributed by atoms with Gasteiger partial charge in [-0.05, 0) is 19.1 Å². The Morgan fingerprint density at radius 2 is 2.06 bits per heavy atom. The number of hydrogen-bond donors (Lipinski definition) is 1. The third kappa shape index (κ3) is 1.89. The topological polar surface area (TPSA) is 63.8 Å². The maximum atomic E-state index is 9.11. The standard InChI is InChI=1S/C9H8Cl2N4O/c1-5-6(4-16)9(11)15(14-5)8-3-2-7(10)12-13-8/h2-3,16H,4H2,1H3. The minimum absolute atomic E-state index is 0.161. The van der Waals surface area contributed by atoms with Gasteiger partial charge < -0.3 is 5.11 Å². The first-order chi connectivity index (χ1) is 7.63. The highest BCUT2D eigenvalue weighted by Gasteiger charge is 2.14. The van der Waals surface area contributed by atoms with E-state index in [1.165, 1.54) is 4.68 Å². The largest absolute Gasteiger partial charge is 0.391 e. The highest BCUT2D eigenvalue weighted by Crippen LogP contribution is 2.22. The zero-order valence-corrected chi connectivity index (χ0v) is 9.87. The third-order valence-electron chi connectivity index (χ3n) is 2.11. The molecule has 0 aliphatic heterocycles. The van der Waals surface area contributed by atoms with E-state index >= 15 is 0 Å². The van der Waals surface area contributed by atoms with Gasteiger partial charge in [-0.3, -0.25) is 0 Å². The summed E-state index contributed by atoms with van der Waals surface area (Å²) in [6.07, 6.45) is 0.